The van der Waals surface area contributed by atoms with Gasteiger partial charge in [-0.15, -0.1) is 0 Å². The Morgan fingerprint density at radius 1 is 1.46 bits per heavy atom. The molecule has 0 saturated carbocycles. The molecule has 0 heterocycles. The van der Waals surface area contributed by atoms with Crippen LogP contribution in [0.2, 0.25) is 0 Å². The predicted octanol–water partition coefficient (Wildman–Crippen LogP) is 1.05. The number of aryl methyl sites for hydroxylation is 1. The van der Waals surface area contributed by atoms with E-state index in [2.05, 4.69) is 0 Å². The van der Waals surface area contributed by atoms with Gasteiger partial charge in [-0.1, -0.05) is 18.2 Å². The number of para-hydroxylation sites is 1. The molecule has 1 atom stereocenters. The lowest BCUT2D eigenvalue weighted by Crippen LogP contribution is -2.15. The van der Waals surface area contributed by atoms with Gasteiger partial charge in [0.15, 0.2) is 0 Å². The zero-order valence-electron chi connectivity index (χ0n) is 7.83. The third kappa shape index (κ3) is 2.20. The summed E-state index contributed by atoms with van der Waals surface area (Å²) in [5.74, 6) is 0.295. The molecule has 0 spiro atoms. The molecule has 0 radical (unpaired) electrons. The molecule has 72 valence electrons. The summed E-state index contributed by atoms with van der Waals surface area (Å²) in [4.78, 5) is 0. The Bertz CT molecular complexity index is 286. The lowest BCUT2D eigenvalue weighted by Gasteiger charge is -2.13. The fourth-order valence-electron chi connectivity index (χ4n) is 1.32. The van der Waals surface area contributed by atoms with Gasteiger partial charge in [-0.05, 0) is 25.5 Å². The van der Waals surface area contributed by atoms with Gasteiger partial charge in [0.25, 0.3) is 0 Å². The maximum atomic E-state index is 9.67. The number of phenols is 1. The summed E-state index contributed by atoms with van der Waals surface area (Å²) in [7, 11) is 0. The molecule has 0 fully saturated rings. The van der Waals surface area contributed by atoms with Crippen LogP contribution in [-0.2, 0) is 0 Å². The third-order valence-electron chi connectivity index (χ3n) is 2.15. The lowest BCUT2D eigenvalue weighted by molar-refractivity contribution is 0.455. The molecule has 3 nitrogen and oxygen atoms in total. The first-order valence-electron chi connectivity index (χ1n) is 4.41. The minimum Gasteiger partial charge on any atom is -0.507 e. The number of nitrogens with two attached hydrogens (primary N) is 2. The molecule has 0 aliphatic rings. The Morgan fingerprint density at radius 2 is 2.15 bits per heavy atom. The van der Waals surface area contributed by atoms with Gasteiger partial charge >= 0.3 is 0 Å². The van der Waals surface area contributed by atoms with Crippen molar-refractivity contribution in [2.75, 3.05) is 6.54 Å². The van der Waals surface area contributed by atoms with Crippen LogP contribution in [0, 0.1) is 6.92 Å². The molecule has 0 bridgehead atoms. The predicted molar refractivity (Wildman–Crippen MR) is 53.4 cm³/mol. The van der Waals surface area contributed by atoms with E-state index in [0.29, 0.717) is 18.7 Å². The van der Waals surface area contributed by atoms with E-state index in [1.807, 2.05) is 25.1 Å². The molecular weight excluding hydrogens is 164 g/mol. The SMILES string of the molecule is Cc1cccc([C@@H](N)CCN)c1O. The van der Waals surface area contributed by atoms with E-state index in [1.54, 1.807) is 0 Å². The van der Waals surface area contributed by atoms with Gasteiger partial charge in [0.2, 0.25) is 0 Å². The van der Waals surface area contributed by atoms with Crippen LogP contribution in [0.15, 0.2) is 18.2 Å². The molecule has 1 aromatic carbocycles. The topological polar surface area (TPSA) is 72.3 Å². The van der Waals surface area contributed by atoms with Crippen molar-refractivity contribution in [1.29, 1.82) is 0 Å². The summed E-state index contributed by atoms with van der Waals surface area (Å²) in [5, 5.41) is 9.67. The number of hydrogen-bond donors (Lipinski definition) is 3. The van der Waals surface area contributed by atoms with Crippen LogP contribution in [0.5, 0.6) is 5.75 Å². The van der Waals surface area contributed by atoms with Crippen molar-refractivity contribution in [2.45, 2.75) is 19.4 Å². The molecule has 1 rings (SSSR count). The number of rotatable bonds is 3. The van der Waals surface area contributed by atoms with Crippen LogP contribution < -0.4 is 11.5 Å². The fourth-order valence-corrected chi connectivity index (χ4v) is 1.32. The molecule has 0 saturated heterocycles. The maximum absolute atomic E-state index is 9.67. The quantitative estimate of drug-likeness (QED) is 0.651. The Labute approximate surface area is 78.4 Å². The van der Waals surface area contributed by atoms with E-state index < -0.39 is 0 Å². The smallest absolute Gasteiger partial charge is 0.123 e. The van der Waals surface area contributed by atoms with E-state index >= 15 is 0 Å². The van der Waals surface area contributed by atoms with Crippen LogP contribution in [0.1, 0.15) is 23.6 Å². The normalized spacial score (nSPS) is 12.8. The number of aromatic hydroxyl groups is 1. The highest BCUT2D eigenvalue weighted by atomic mass is 16.3. The first kappa shape index (κ1) is 10.0. The zero-order chi connectivity index (χ0) is 9.84. The van der Waals surface area contributed by atoms with Crippen molar-refractivity contribution in [3.05, 3.63) is 29.3 Å². The van der Waals surface area contributed by atoms with E-state index in [1.165, 1.54) is 0 Å². The largest absolute Gasteiger partial charge is 0.507 e. The second-order valence-corrected chi connectivity index (χ2v) is 3.20. The molecule has 5 N–H and O–H groups in total. The molecule has 0 aliphatic heterocycles. The van der Waals surface area contributed by atoms with Crippen molar-refractivity contribution in [2.24, 2.45) is 11.5 Å². The Balaban J connectivity index is 2.93. The van der Waals surface area contributed by atoms with Crippen molar-refractivity contribution in [3.8, 4) is 5.75 Å². The number of phenolic OH excluding ortho intramolecular Hbond substituents is 1. The summed E-state index contributed by atoms with van der Waals surface area (Å²) in [6, 6.07) is 5.42. The van der Waals surface area contributed by atoms with Gasteiger partial charge in [0.05, 0.1) is 0 Å². The van der Waals surface area contributed by atoms with Crippen molar-refractivity contribution in [3.63, 3.8) is 0 Å². The van der Waals surface area contributed by atoms with Gasteiger partial charge in [-0.3, -0.25) is 0 Å². The van der Waals surface area contributed by atoms with Gasteiger partial charge < -0.3 is 16.6 Å². The van der Waals surface area contributed by atoms with Crippen LogP contribution >= 0.6 is 0 Å². The Morgan fingerprint density at radius 3 is 2.77 bits per heavy atom. The first-order valence-corrected chi connectivity index (χ1v) is 4.41. The van der Waals surface area contributed by atoms with Crippen LogP contribution in [0.3, 0.4) is 0 Å². The minimum absolute atomic E-state index is 0.162. The highest BCUT2D eigenvalue weighted by Crippen LogP contribution is 2.27. The van der Waals surface area contributed by atoms with Crippen LogP contribution in [-0.4, -0.2) is 11.7 Å². The summed E-state index contributed by atoms with van der Waals surface area (Å²) in [5.41, 5.74) is 12.9. The highest BCUT2D eigenvalue weighted by molar-refractivity contribution is 5.41. The average Bonchev–Trinajstić information content (AvgIpc) is 2.10. The van der Waals surface area contributed by atoms with E-state index in [0.717, 1.165) is 11.1 Å². The van der Waals surface area contributed by atoms with Gasteiger partial charge in [-0.25, -0.2) is 0 Å². The molecule has 0 unspecified atom stereocenters. The summed E-state index contributed by atoms with van der Waals surface area (Å²) >= 11 is 0. The average molecular weight is 180 g/mol. The van der Waals surface area contributed by atoms with Crippen molar-refractivity contribution in [1.82, 2.24) is 0 Å². The van der Waals surface area contributed by atoms with Gasteiger partial charge in [0, 0.05) is 11.6 Å². The minimum atomic E-state index is -0.162. The van der Waals surface area contributed by atoms with Gasteiger partial charge in [0.1, 0.15) is 5.75 Å². The lowest BCUT2D eigenvalue weighted by atomic mass is 10.0. The molecular formula is C10H16N2O. The first-order chi connectivity index (χ1) is 6.16. The summed E-state index contributed by atoms with van der Waals surface area (Å²) in [6.45, 7) is 2.39. The maximum Gasteiger partial charge on any atom is 0.123 e. The standard InChI is InChI=1S/C10H16N2O/c1-7-3-2-4-8(10(7)13)9(12)5-6-11/h2-4,9,13H,5-6,11-12H2,1H3/t9-/m0/s1. The van der Waals surface area contributed by atoms with E-state index in [-0.39, 0.29) is 6.04 Å². The van der Waals surface area contributed by atoms with Crippen LogP contribution in [0.25, 0.3) is 0 Å². The second kappa shape index (κ2) is 4.25. The van der Waals surface area contributed by atoms with Crippen LogP contribution in [0.4, 0.5) is 0 Å². The number of hydrogen-bond acceptors (Lipinski definition) is 3. The highest BCUT2D eigenvalue weighted by Gasteiger charge is 2.10. The van der Waals surface area contributed by atoms with Crippen molar-refractivity contribution >= 4 is 0 Å². The Hall–Kier alpha value is -1.06. The fraction of sp³-hybridized carbons (Fsp3) is 0.400. The Kier molecular flexibility index (Phi) is 3.28. The summed E-state index contributed by atoms with van der Waals surface area (Å²) in [6.07, 6.45) is 0.691. The monoisotopic (exact) mass is 180 g/mol. The molecule has 1 aromatic rings. The molecule has 13 heavy (non-hydrogen) atoms. The summed E-state index contributed by atoms with van der Waals surface area (Å²) < 4.78 is 0. The second-order valence-electron chi connectivity index (χ2n) is 3.20. The van der Waals surface area contributed by atoms with E-state index in [4.69, 9.17) is 11.5 Å². The third-order valence-corrected chi connectivity index (χ3v) is 2.15. The van der Waals surface area contributed by atoms with Gasteiger partial charge in [-0.2, -0.15) is 0 Å². The van der Waals surface area contributed by atoms with E-state index in [9.17, 15) is 5.11 Å². The molecule has 0 aromatic heterocycles. The number of benzene rings is 1. The molecule has 3 heteroatoms. The van der Waals surface area contributed by atoms with Crippen molar-refractivity contribution < 1.29 is 5.11 Å². The molecule has 0 aliphatic carbocycles. The zero-order valence-corrected chi connectivity index (χ0v) is 7.83. The molecule has 0 amide bonds.